The summed E-state index contributed by atoms with van der Waals surface area (Å²) in [6, 6.07) is 5.69. The molecule has 0 saturated carbocycles. The van der Waals surface area contributed by atoms with Crippen molar-refractivity contribution in [1.29, 1.82) is 0 Å². The van der Waals surface area contributed by atoms with Crippen molar-refractivity contribution >= 4 is 5.96 Å². The highest BCUT2D eigenvalue weighted by Crippen LogP contribution is 2.27. The first-order valence-corrected chi connectivity index (χ1v) is 7.89. The molecule has 1 rings (SSSR count). The normalized spacial score (nSPS) is 11.6. The van der Waals surface area contributed by atoms with Gasteiger partial charge in [-0.2, -0.15) is 0 Å². The molecule has 6 nitrogen and oxygen atoms in total. The molecule has 0 spiro atoms. The van der Waals surface area contributed by atoms with Crippen LogP contribution in [-0.2, 0) is 11.3 Å². The van der Waals surface area contributed by atoms with Crippen molar-refractivity contribution in [1.82, 2.24) is 5.32 Å². The summed E-state index contributed by atoms with van der Waals surface area (Å²) in [4.78, 5) is 4.30. The molecule has 1 aromatic rings. The van der Waals surface area contributed by atoms with Gasteiger partial charge in [-0.3, -0.25) is 0 Å². The van der Waals surface area contributed by atoms with E-state index in [-0.39, 0.29) is 0 Å². The van der Waals surface area contributed by atoms with Crippen LogP contribution < -0.4 is 20.5 Å². The lowest BCUT2D eigenvalue weighted by atomic mass is 10.1. The van der Waals surface area contributed by atoms with Gasteiger partial charge in [0, 0.05) is 13.2 Å². The zero-order chi connectivity index (χ0) is 17.1. The number of benzene rings is 1. The van der Waals surface area contributed by atoms with Crippen molar-refractivity contribution in [2.24, 2.45) is 16.6 Å². The lowest BCUT2D eigenvalue weighted by Crippen LogP contribution is -2.34. The SMILES string of the molecule is COc1ccc(CN=C(N)NCCOCCC(C)C)cc1OC. The van der Waals surface area contributed by atoms with E-state index in [9.17, 15) is 0 Å². The number of guanidine groups is 1. The van der Waals surface area contributed by atoms with Crippen molar-refractivity contribution < 1.29 is 14.2 Å². The molecule has 0 saturated heterocycles. The van der Waals surface area contributed by atoms with E-state index in [4.69, 9.17) is 19.9 Å². The summed E-state index contributed by atoms with van der Waals surface area (Å²) in [7, 11) is 3.22. The first kappa shape index (κ1) is 19.1. The summed E-state index contributed by atoms with van der Waals surface area (Å²) in [5.41, 5.74) is 6.84. The number of ether oxygens (including phenoxy) is 3. The van der Waals surface area contributed by atoms with Gasteiger partial charge in [0.05, 0.1) is 27.4 Å². The van der Waals surface area contributed by atoms with Crippen molar-refractivity contribution in [2.75, 3.05) is 34.0 Å². The molecule has 0 fully saturated rings. The molecule has 0 aromatic heterocycles. The minimum atomic E-state index is 0.409. The zero-order valence-electron chi connectivity index (χ0n) is 14.6. The third-order valence-corrected chi connectivity index (χ3v) is 3.27. The predicted octanol–water partition coefficient (Wildman–Crippen LogP) is 2.17. The van der Waals surface area contributed by atoms with E-state index in [2.05, 4.69) is 24.2 Å². The summed E-state index contributed by atoms with van der Waals surface area (Å²) in [5, 5.41) is 3.04. The maximum Gasteiger partial charge on any atom is 0.188 e. The standard InChI is InChI=1S/C17H29N3O3/c1-13(2)7-9-23-10-8-19-17(18)20-12-14-5-6-15(21-3)16(11-14)22-4/h5-6,11,13H,7-10,12H2,1-4H3,(H3,18,19,20). The second-order valence-corrected chi connectivity index (χ2v) is 5.61. The highest BCUT2D eigenvalue weighted by Gasteiger charge is 2.04. The van der Waals surface area contributed by atoms with Gasteiger partial charge < -0.3 is 25.3 Å². The molecular formula is C17H29N3O3. The van der Waals surface area contributed by atoms with Crippen LogP contribution in [0.3, 0.4) is 0 Å². The van der Waals surface area contributed by atoms with E-state index >= 15 is 0 Å². The first-order valence-electron chi connectivity index (χ1n) is 7.89. The lowest BCUT2D eigenvalue weighted by Gasteiger charge is -2.09. The van der Waals surface area contributed by atoms with Gasteiger partial charge in [0.15, 0.2) is 17.5 Å². The summed E-state index contributed by atoms with van der Waals surface area (Å²) in [5.74, 6) is 2.46. The molecule has 0 aliphatic rings. The number of nitrogens with zero attached hydrogens (tertiary/aromatic N) is 1. The lowest BCUT2D eigenvalue weighted by molar-refractivity contribution is 0.128. The summed E-state index contributed by atoms with van der Waals surface area (Å²) in [6.45, 7) is 6.90. The zero-order valence-corrected chi connectivity index (χ0v) is 14.6. The van der Waals surface area contributed by atoms with E-state index in [0.29, 0.717) is 43.1 Å². The second kappa shape index (κ2) is 10.7. The minimum Gasteiger partial charge on any atom is -0.493 e. The van der Waals surface area contributed by atoms with Gasteiger partial charge in [0.25, 0.3) is 0 Å². The van der Waals surface area contributed by atoms with Crippen LogP contribution in [-0.4, -0.2) is 39.9 Å². The third kappa shape index (κ3) is 7.74. The van der Waals surface area contributed by atoms with Crippen LogP contribution in [0, 0.1) is 5.92 Å². The predicted molar refractivity (Wildman–Crippen MR) is 93.1 cm³/mol. The van der Waals surface area contributed by atoms with E-state index in [0.717, 1.165) is 18.6 Å². The molecule has 0 bridgehead atoms. The molecule has 0 radical (unpaired) electrons. The number of hydrogen-bond acceptors (Lipinski definition) is 4. The minimum absolute atomic E-state index is 0.409. The number of rotatable bonds is 10. The Balaban J connectivity index is 2.33. The summed E-state index contributed by atoms with van der Waals surface area (Å²) >= 11 is 0. The molecule has 3 N–H and O–H groups in total. The van der Waals surface area contributed by atoms with Crippen LogP contribution >= 0.6 is 0 Å². The van der Waals surface area contributed by atoms with E-state index in [1.165, 1.54) is 0 Å². The Morgan fingerprint density at radius 1 is 1.17 bits per heavy atom. The molecular weight excluding hydrogens is 294 g/mol. The summed E-state index contributed by atoms with van der Waals surface area (Å²) < 4.78 is 16.0. The van der Waals surface area contributed by atoms with Crippen molar-refractivity contribution in [3.05, 3.63) is 23.8 Å². The third-order valence-electron chi connectivity index (χ3n) is 3.27. The molecule has 0 amide bonds. The van der Waals surface area contributed by atoms with Crippen LogP contribution in [0.2, 0.25) is 0 Å². The van der Waals surface area contributed by atoms with Crippen LogP contribution in [0.1, 0.15) is 25.8 Å². The quantitative estimate of drug-likeness (QED) is 0.392. The molecule has 0 unspecified atom stereocenters. The Morgan fingerprint density at radius 3 is 2.57 bits per heavy atom. The van der Waals surface area contributed by atoms with Crippen LogP contribution in [0.5, 0.6) is 11.5 Å². The maximum absolute atomic E-state index is 5.84. The van der Waals surface area contributed by atoms with Crippen LogP contribution in [0.4, 0.5) is 0 Å². The van der Waals surface area contributed by atoms with Crippen molar-refractivity contribution in [2.45, 2.75) is 26.8 Å². The second-order valence-electron chi connectivity index (χ2n) is 5.61. The van der Waals surface area contributed by atoms with Gasteiger partial charge in [-0.25, -0.2) is 4.99 Å². The van der Waals surface area contributed by atoms with E-state index in [1.54, 1.807) is 14.2 Å². The molecule has 0 heterocycles. The van der Waals surface area contributed by atoms with Gasteiger partial charge >= 0.3 is 0 Å². The fraction of sp³-hybridized carbons (Fsp3) is 0.588. The van der Waals surface area contributed by atoms with Crippen LogP contribution in [0.15, 0.2) is 23.2 Å². The van der Waals surface area contributed by atoms with Crippen molar-refractivity contribution in [3.8, 4) is 11.5 Å². The Hall–Kier alpha value is -1.95. The topological polar surface area (TPSA) is 78.1 Å². The monoisotopic (exact) mass is 323 g/mol. The molecule has 23 heavy (non-hydrogen) atoms. The first-order chi connectivity index (χ1) is 11.1. The number of hydrogen-bond donors (Lipinski definition) is 2. The number of methoxy groups -OCH3 is 2. The highest BCUT2D eigenvalue weighted by molar-refractivity contribution is 5.77. The van der Waals surface area contributed by atoms with Gasteiger partial charge in [-0.15, -0.1) is 0 Å². The Morgan fingerprint density at radius 2 is 1.91 bits per heavy atom. The Kier molecular flexibility index (Phi) is 8.90. The smallest absolute Gasteiger partial charge is 0.188 e. The van der Waals surface area contributed by atoms with Gasteiger partial charge in [0.2, 0.25) is 0 Å². The molecule has 0 aliphatic carbocycles. The Bertz CT molecular complexity index is 490. The van der Waals surface area contributed by atoms with Gasteiger partial charge in [0.1, 0.15) is 0 Å². The van der Waals surface area contributed by atoms with E-state index in [1.807, 2.05) is 18.2 Å². The van der Waals surface area contributed by atoms with Gasteiger partial charge in [-0.05, 0) is 30.0 Å². The molecule has 0 atom stereocenters. The maximum atomic E-state index is 5.84. The number of nitrogens with one attached hydrogen (secondary N) is 1. The van der Waals surface area contributed by atoms with E-state index < -0.39 is 0 Å². The van der Waals surface area contributed by atoms with Crippen LogP contribution in [0.25, 0.3) is 0 Å². The highest BCUT2D eigenvalue weighted by atomic mass is 16.5. The fourth-order valence-electron chi connectivity index (χ4n) is 1.88. The molecule has 1 aromatic carbocycles. The molecule has 0 aliphatic heterocycles. The average molecular weight is 323 g/mol. The largest absolute Gasteiger partial charge is 0.493 e. The number of aliphatic imine (C=N–C) groups is 1. The fourth-order valence-corrected chi connectivity index (χ4v) is 1.88. The average Bonchev–Trinajstić information content (AvgIpc) is 2.55. The van der Waals surface area contributed by atoms with Gasteiger partial charge in [-0.1, -0.05) is 19.9 Å². The van der Waals surface area contributed by atoms with Crippen molar-refractivity contribution in [3.63, 3.8) is 0 Å². The molecule has 130 valence electrons. The molecule has 6 heteroatoms. The number of nitrogens with two attached hydrogens (primary N) is 1. The summed E-state index contributed by atoms with van der Waals surface area (Å²) in [6.07, 6.45) is 1.07. The Labute approximate surface area is 139 Å².